The van der Waals surface area contributed by atoms with Crippen LogP contribution in [0.3, 0.4) is 0 Å². The number of hydrogen-bond donors (Lipinski definition) is 1. The Balaban J connectivity index is 3.81. The van der Waals surface area contributed by atoms with Gasteiger partial charge in [-0.15, -0.1) is 0 Å². The molecule has 0 saturated heterocycles. The van der Waals surface area contributed by atoms with Gasteiger partial charge in [0.2, 0.25) is 0 Å². The average Bonchev–Trinajstić information content (AvgIpc) is 2.39. The van der Waals surface area contributed by atoms with E-state index in [9.17, 15) is 14.2 Å². The van der Waals surface area contributed by atoms with Crippen LogP contribution in [0.1, 0.15) is 0 Å². The number of esters is 2. The maximum absolute atomic E-state index is 11.7. The lowest BCUT2D eigenvalue weighted by Gasteiger charge is -2.21. The summed E-state index contributed by atoms with van der Waals surface area (Å²) in [5.41, 5.74) is 0. The van der Waals surface area contributed by atoms with Gasteiger partial charge in [-0.05, 0) is 0 Å². The number of hydrogen-bond acceptors (Lipinski definition) is 6. The summed E-state index contributed by atoms with van der Waals surface area (Å²) in [6.45, 7) is 0.455. The van der Waals surface area contributed by atoms with Crippen LogP contribution in [0.4, 0.5) is 0 Å². The fourth-order valence-corrected chi connectivity index (χ4v) is 2.49. The zero-order valence-electron chi connectivity index (χ0n) is 12.8. The Hall–Kier alpha value is -1.30. The molecule has 0 aliphatic heterocycles. The van der Waals surface area contributed by atoms with Gasteiger partial charge in [-0.1, -0.05) is 4.57 Å². The monoisotopic (exact) mass is 321 g/mol. The topological polar surface area (TPSA) is 89.9 Å². The summed E-state index contributed by atoms with van der Waals surface area (Å²) in [7, 11) is 4.66. The minimum absolute atomic E-state index is 0.0568. The summed E-state index contributed by atoms with van der Waals surface area (Å²) in [4.78, 5) is 22.2. The predicted molar refractivity (Wildman–Crippen MR) is 78.4 cm³/mol. The summed E-state index contributed by atoms with van der Waals surface area (Å²) >= 11 is 0. The number of quaternary nitrogens is 1. The molecule has 8 heteroatoms. The normalized spacial score (nSPS) is 12.3. The van der Waals surface area contributed by atoms with Crippen LogP contribution in [0.25, 0.3) is 0 Å². The molecule has 0 aromatic carbocycles. The average molecular weight is 321 g/mol. The van der Waals surface area contributed by atoms with Crippen LogP contribution in [-0.2, 0) is 23.6 Å². The molecule has 0 radical (unpaired) electrons. The Morgan fingerprint density at radius 2 is 1.57 bits per heavy atom. The lowest BCUT2D eigenvalue weighted by atomic mass is 10.5. The number of carbonyl (C=O) groups is 2. The first-order chi connectivity index (χ1) is 9.74. The second kappa shape index (κ2) is 10.4. The van der Waals surface area contributed by atoms with Gasteiger partial charge in [-0.3, -0.25) is 0 Å². The summed E-state index contributed by atoms with van der Waals surface area (Å²) in [6, 6.07) is 0. The van der Waals surface area contributed by atoms with Crippen LogP contribution in [0.5, 0.6) is 0 Å². The molecule has 0 spiro atoms. The van der Waals surface area contributed by atoms with Crippen molar-refractivity contribution in [3.05, 3.63) is 12.2 Å². The van der Waals surface area contributed by atoms with E-state index in [0.29, 0.717) is 12.3 Å². The molecular weight excluding hydrogens is 297 g/mol. The molecule has 0 saturated carbocycles. The van der Waals surface area contributed by atoms with E-state index < -0.39 is 19.7 Å². The van der Waals surface area contributed by atoms with Crippen LogP contribution in [-0.4, -0.2) is 81.4 Å². The zero-order chi connectivity index (χ0) is 16.3. The second-order valence-corrected chi connectivity index (χ2v) is 7.19. The third-order valence-corrected chi connectivity index (χ3v) is 3.68. The van der Waals surface area contributed by atoms with Crippen molar-refractivity contribution in [1.82, 2.24) is 0 Å². The number of aliphatic hydroxyl groups is 1. The van der Waals surface area contributed by atoms with Crippen molar-refractivity contribution in [2.45, 2.75) is 0 Å². The largest absolute Gasteiger partial charge is 0.460 e. The smallest absolute Gasteiger partial charge is 0.348 e. The molecule has 0 amide bonds. The highest BCUT2D eigenvalue weighted by atomic mass is 31.1. The third-order valence-electron chi connectivity index (χ3n) is 2.30. The van der Waals surface area contributed by atoms with Gasteiger partial charge in [-0.2, -0.15) is 0 Å². The van der Waals surface area contributed by atoms with Crippen molar-refractivity contribution in [2.24, 2.45) is 0 Å². The van der Waals surface area contributed by atoms with Crippen molar-refractivity contribution in [2.75, 3.05) is 59.8 Å². The van der Waals surface area contributed by atoms with Gasteiger partial charge in [0.05, 0.1) is 27.7 Å². The van der Waals surface area contributed by atoms with Crippen LogP contribution >= 0.6 is 7.80 Å². The fraction of sp³-hybridized carbons (Fsp3) is 0.692. The molecule has 1 N–H and O–H groups in total. The molecule has 7 nitrogen and oxygen atoms in total. The number of aliphatic hydroxyl groups excluding tert-OH is 1. The quantitative estimate of drug-likeness (QED) is 0.267. The number of carbonyl (C=O) groups excluding carboxylic acids is 2. The standard InChI is InChI=1S/C13H24NO6P/c1-14(2,3)6-10-21(18)11-9-20-13(17)5-4-12(16)19-8-7-15/h4-5,15H,6-11H2,1-3H3/q+2/b5-4+. The molecule has 0 aliphatic rings. The molecule has 0 aliphatic carbocycles. The molecule has 21 heavy (non-hydrogen) atoms. The van der Waals surface area contributed by atoms with Crippen LogP contribution in [0, 0.1) is 0 Å². The maximum Gasteiger partial charge on any atom is 0.348 e. The van der Waals surface area contributed by atoms with Crippen LogP contribution in [0.15, 0.2) is 12.2 Å². The molecule has 0 heterocycles. The van der Waals surface area contributed by atoms with E-state index in [-0.39, 0.29) is 19.8 Å². The number of rotatable bonds is 10. The minimum Gasteiger partial charge on any atom is -0.460 e. The van der Waals surface area contributed by atoms with E-state index in [1.54, 1.807) is 0 Å². The predicted octanol–water partition coefficient (Wildman–Crippen LogP) is 0.155. The van der Waals surface area contributed by atoms with Crippen molar-refractivity contribution < 1.29 is 33.2 Å². The summed E-state index contributed by atoms with van der Waals surface area (Å²) in [5, 5.41) is 8.43. The Morgan fingerprint density at radius 3 is 2.05 bits per heavy atom. The Labute approximate surface area is 125 Å². The highest BCUT2D eigenvalue weighted by molar-refractivity contribution is 7.44. The van der Waals surface area contributed by atoms with E-state index in [0.717, 1.165) is 23.2 Å². The zero-order valence-corrected chi connectivity index (χ0v) is 13.7. The van der Waals surface area contributed by atoms with Gasteiger partial charge >= 0.3 is 19.7 Å². The lowest BCUT2D eigenvalue weighted by Crippen LogP contribution is -2.36. The van der Waals surface area contributed by atoms with E-state index >= 15 is 0 Å². The molecular formula is C13H24NO6P+2. The van der Waals surface area contributed by atoms with Gasteiger partial charge in [0.25, 0.3) is 0 Å². The molecule has 0 fully saturated rings. The minimum atomic E-state index is -1.39. The van der Waals surface area contributed by atoms with Crippen LogP contribution < -0.4 is 0 Å². The first kappa shape index (κ1) is 19.7. The van der Waals surface area contributed by atoms with Crippen molar-refractivity contribution in [1.29, 1.82) is 0 Å². The lowest BCUT2D eigenvalue weighted by molar-refractivity contribution is -0.867. The molecule has 1 atom stereocenters. The first-order valence-corrected chi connectivity index (χ1v) is 8.22. The van der Waals surface area contributed by atoms with Gasteiger partial charge in [0.15, 0.2) is 12.3 Å². The Morgan fingerprint density at radius 1 is 1.05 bits per heavy atom. The van der Waals surface area contributed by atoms with E-state index in [2.05, 4.69) is 4.74 Å². The highest BCUT2D eigenvalue weighted by Crippen LogP contribution is 2.19. The Kier molecular flexibility index (Phi) is 9.78. The van der Waals surface area contributed by atoms with Gasteiger partial charge in [-0.25, -0.2) is 9.59 Å². The van der Waals surface area contributed by atoms with E-state index in [1.165, 1.54) is 0 Å². The highest BCUT2D eigenvalue weighted by Gasteiger charge is 2.20. The van der Waals surface area contributed by atoms with Crippen molar-refractivity contribution in [3.8, 4) is 0 Å². The summed E-state index contributed by atoms with van der Waals surface area (Å²) in [6.07, 6.45) is 2.76. The first-order valence-electron chi connectivity index (χ1n) is 6.59. The van der Waals surface area contributed by atoms with E-state index in [4.69, 9.17) is 9.84 Å². The van der Waals surface area contributed by atoms with Gasteiger partial charge < -0.3 is 19.1 Å². The van der Waals surface area contributed by atoms with E-state index in [1.807, 2.05) is 21.1 Å². The fourth-order valence-electron chi connectivity index (χ4n) is 1.15. The van der Waals surface area contributed by atoms with Crippen LogP contribution in [0.2, 0.25) is 0 Å². The molecule has 0 aromatic heterocycles. The molecule has 0 bridgehead atoms. The SMILES string of the molecule is C[N+](C)(C)CC[P+](=O)CCOC(=O)/C=C/C(=O)OCCO. The third kappa shape index (κ3) is 13.4. The van der Waals surface area contributed by atoms with Crippen molar-refractivity contribution >= 4 is 19.7 Å². The Bertz CT molecular complexity index is 389. The van der Waals surface area contributed by atoms with Gasteiger partial charge in [0, 0.05) is 12.2 Å². The molecule has 0 aromatic rings. The molecule has 1 unspecified atom stereocenters. The number of nitrogens with zero attached hydrogens (tertiary/aromatic N) is 1. The molecule has 0 rings (SSSR count). The van der Waals surface area contributed by atoms with Crippen molar-refractivity contribution in [3.63, 3.8) is 0 Å². The second-order valence-electron chi connectivity index (χ2n) is 5.33. The molecule has 120 valence electrons. The summed E-state index contributed by atoms with van der Waals surface area (Å²) in [5.74, 6) is -1.42. The maximum atomic E-state index is 11.7. The summed E-state index contributed by atoms with van der Waals surface area (Å²) < 4.78 is 21.8. The number of ether oxygens (including phenoxy) is 2. The van der Waals surface area contributed by atoms with Gasteiger partial charge in [0.1, 0.15) is 19.8 Å².